The van der Waals surface area contributed by atoms with E-state index in [0.717, 1.165) is 5.56 Å². The van der Waals surface area contributed by atoms with Crippen LogP contribution in [0.15, 0.2) is 24.3 Å². The molecule has 0 radical (unpaired) electrons. The minimum atomic E-state index is -1.08. The van der Waals surface area contributed by atoms with Crippen molar-refractivity contribution in [3.05, 3.63) is 29.8 Å². The van der Waals surface area contributed by atoms with E-state index in [1.54, 1.807) is 12.1 Å². The molecule has 0 aliphatic rings. The number of hydrogen-bond donors (Lipinski definition) is 5. The Labute approximate surface area is 120 Å². The van der Waals surface area contributed by atoms with Crippen LogP contribution >= 0.6 is 0 Å². The first-order valence-corrected chi connectivity index (χ1v) is 6.17. The van der Waals surface area contributed by atoms with E-state index in [2.05, 4.69) is 10.6 Å². The summed E-state index contributed by atoms with van der Waals surface area (Å²) in [6, 6.07) is 5.24. The maximum Gasteiger partial charge on any atom is 0.317 e. The Morgan fingerprint density at radius 3 is 2.29 bits per heavy atom. The Balaban J connectivity index is 2.53. The molecule has 0 heterocycles. The fraction of sp³-hybridized carbons (Fsp3) is 0.308. The number of aromatic hydroxyl groups is 1. The van der Waals surface area contributed by atoms with Gasteiger partial charge in [0.05, 0.1) is 13.1 Å². The molecule has 0 bridgehead atoms. The van der Waals surface area contributed by atoms with Crippen LogP contribution in [-0.4, -0.2) is 47.1 Å². The topological polar surface area (TPSA) is 142 Å². The number of carboxylic acid groups (broad SMARTS) is 1. The molecule has 1 rings (SSSR count). The van der Waals surface area contributed by atoms with Crippen molar-refractivity contribution in [2.75, 3.05) is 13.1 Å². The molecule has 0 saturated heterocycles. The lowest BCUT2D eigenvalue weighted by atomic mass is 10.1. The molecule has 0 aliphatic carbocycles. The molecule has 0 unspecified atom stereocenters. The molecule has 114 valence electrons. The van der Waals surface area contributed by atoms with E-state index in [1.165, 1.54) is 12.1 Å². The first kappa shape index (κ1) is 16.4. The molecule has 8 nitrogen and oxygen atoms in total. The highest BCUT2D eigenvalue weighted by atomic mass is 16.4. The molecule has 0 aliphatic heterocycles. The summed E-state index contributed by atoms with van der Waals surface area (Å²) in [5.41, 5.74) is 5.94. The first-order chi connectivity index (χ1) is 9.88. The monoisotopic (exact) mass is 295 g/mol. The summed E-state index contributed by atoms with van der Waals surface area (Å²) in [4.78, 5) is 33.2. The summed E-state index contributed by atoms with van der Waals surface area (Å²) in [7, 11) is 0. The van der Waals surface area contributed by atoms with E-state index in [9.17, 15) is 14.4 Å². The number of hydrogen-bond acceptors (Lipinski definition) is 5. The molecule has 1 atom stereocenters. The van der Waals surface area contributed by atoms with Gasteiger partial charge in [-0.2, -0.15) is 0 Å². The van der Waals surface area contributed by atoms with Crippen molar-refractivity contribution in [2.45, 2.75) is 12.5 Å². The summed E-state index contributed by atoms with van der Waals surface area (Å²) >= 11 is 0. The van der Waals surface area contributed by atoms with Crippen LogP contribution in [0.1, 0.15) is 5.56 Å². The molecule has 0 aromatic heterocycles. The number of aliphatic carboxylic acids is 1. The average molecular weight is 295 g/mol. The summed E-state index contributed by atoms with van der Waals surface area (Å²) in [5, 5.41) is 22.4. The van der Waals surface area contributed by atoms with Crippen LogP contribution in [0.3, 0.4) is 0 Å². The molecule has 6 N–H and O–H groups in total. The van der Waals surface area contributed by atoms with Gasteiger partial charge >= 0.3 is 5.97 Å². The van der Waals surface area contributed by atoms with Crippen LogP contribution in [0.2, 0.25) is 0 Å². The van der Waals surface area contributed by atoms with Gasteiger partial charge in [0.15, 0.2) is 0 Å². The van der Waals surface area contributed by atoms with Crippen LogP contribution in [0, 0.1) is 0 Å². The molecule has 8 heteroatoms. The number of rotatable bonds is 8. The Bertz CT molecular complexity index is 515. The average Bonchev–Trinajstić information content (AvgIpc) is 2.40. The largest absolute Gasteiger partial charge is 0.508 e. The smallest absolute Gasteiger partial charge is 0.317 e. The zero-order valence-electron chi connectivity index (χ0n) is 11.2. The number of carbonyl (C=O) groups is 3. The number of carboxylic acids is 1. The zero-order valence-corrected chi connectivity index (χ0v) is 11.2. The minimum Gasteiger partial charge on any atom is -0.508 e. The van der Waals surface area contributed by atoms with Crippen molar-refractivity contribution < 1.29 is 24.6 Å². The number of phenolic OH excluding ortho intramolecular Hbond substituents is 1. The molecule has 1 aromatic rings. The van der Waals surface area contributed by atoms with Crippen molar-refractivity contribution in [3.63, 3.8) is 0 Å². The molecule has 0 spiro atoms. The highest BCUT2D eigenvalue weighted by molar-refractivity contribution is 5.87. The first-order valence-electron chi connectivity index (χ1n) is 6.17. The van der Waals surface area contributed by atoms with Gasteiger partial charge < -0.3 is 21.3 Å². The van der Waals surface area contributed by atoms with Crippen molar-refractivity contribution in [1.29, 1.82) is 0 Å². The van der Waals surface area contributed by atoms with E-state index >= 15 is 0 Å². The van der Waals surface area contributed by atoms with Crippen molar-refractivity contribution in [3.8, 4) is 5.75 Å². The number of phenols is 1. The predicted molar refractivity (Wildman–Crippen MR) is 73.4 cm³/mol. The fourth-order valence-corrected chi connectivity index (χ4v) is 1.62. The molecular formula is C13H17N3O5. The SMILES string of the molecule is NC(=O)[C@H](Cc1ccc(O)cc1)NC(=O)CNCC(=O)O. The van der Waals surface area contributed by atoms with Crippen molar-refractivity contribution in [1.82, 2.24) is 10.6 Å². The van der Waals surface area contributed by atoms with Gasteiger partial charge in [0.2, 0.25) is 11.8 Å². The van der Waals surface area contributed by atoms with E-state index in [1.807, 2.05) is 0 Å². The van der Waals surface area contributed by atoms with Gasteiger partial charge in [-0.15, -0.1) is 0 Å². The van der Waals surface area contributed by atoms with Gasteiger partial charge in [-0.3, -0.25) is 19.7 Å². The van der Waals surface area contributed by atoms with Gasteiger partial charge in [-0.25, -0.2) is 0 Å². The quantitative estimate of drug-likeness (QED) is 0.398. The summed E-state index contributed by atoms with van der Waals surface area (Å²) in [5.74, 6) is -2.22. The molecule has 2 amide bonds. The third-order valence-electron chi connectivity index (χ3n) is 2.62. The van der Waals surface area contributed by atoms with Crippen molar-refractivity contribution in [2.24, 2.45) is 5.73 Å². The Kier molecular flexibility index (Phi) is 6.15. The zero-order chi connectivity index (χ0) is 15.8. The number of nitrogens with two attached hydrogens (primary N) is 1. The maximum absolute atomic E-state index is 11.6. The van der Waals surface area contributed by atoms with E-state index in [0.29, 0.717) is 0 Å². The van der Waals surface area contributed by atoms with E-state index in [4.69, 9.17) is 15.9 Å². The van der Waals surface area contributed by atoms with Crippen molar-refractivity contribution >= 4 is 17.8 Å². The van der Waals surface area contributed by atoms with Gasteiger partial charge in [0.1, 0.15) is 11.8 Å². The summed E-state index contributed by atoms with van der Waals surface area (Å²) in [6.07, 6.45) is 0.181. The number of benzene rings is 1. The van der Waals surface area contributed by atoms with E-state index in [-0.39, 0.29) is 25.3 Å². The van der Waals surface area contributed by atoms with Gasteiger partial charge in [0.25, 0.3) is 0 Å². The molecule has 0 fully saturated rings. The lowest BCUT2D eigenvalue weighted by molar-refractivity contribution is -0.136. The third-order valence-corrected chi connectivity index (χ3v) is 2.62. The Hall–Kier alpha value is -2.61. The predicted octanol–water partition coefficient (Wildman–Crippen LogP) is -1.42. The lowest BCUT2D eigenvalue weighted by Gasteiger charge is -2.15. The molecule has 1 aromatic carbocycles. The normalized spacial score (nSPS) is 11.6. The van der Waals surface area contributed by atoms with Crippen LogP contribution in [0.25, 0.3) is 0 Å². The summed E-state index contributed by atoms with van der Waals surface area (Å²) in [6.45, 7) is -0.585. The Morgan fingerprint density at radius 2 is 1.76 bits per heavy atom. The molecule has 0 saturated carbocycles. The van der Waals surface area contributed by atoms with E-state index < -0.39 is 23.8 Å². The second-order valence-electron chi connectivity index (χ2n) is 4.39. The van der Waals surface area contributed by atoms with Crippen LogP contribution < -0.4 is 16.4 Å². The van der Waals surface area contributed by atoms with Gasteiger partial charge in [0, 0.05) is 6.42 Å². The number of nitrogens with one attached hydrogen (secondary N) is 2. The second kappa shape index (κ2) is 7.85. The standard InChI is InChI=1S/C13H17N3O5/c14-13(21)10(5-8-1-3-9(17)4-2-8)16-11(18)6-15-7-12(19)20/h1-4,10,15,17H,5-7H2,(H2,14,21)(H,16,18)(H,19,20)/t10-/m0/s1. The molecular weight excluding hydrogens is 278 g/mol. The van der Waals surface area contributed by atoms with Crippen LogP contribution in [0.4, 0.5) is 0 Å². The fourth-order valence-electron chi connectivity index (χ4n) is 1.62. The number of amides is 2. The number of primary amides is 1. The van der Waals surface area contributed by atoms with Gasteiger partial charge in [-0.1, -0.05) is 12.1 Å². The lowest BCUT2D eigenvalue weighted by Crippen LogP contribution is -2.48. The number of carbonyl (C=O) groups excluding carboxylic acids is 2. The Morgan fingerprint density at radius 1 is 1.14 bits per heavy atom. The minimum absolute atomic E-state index is 0.0938. The summed E-state index contributed by atoms with van der Waals surface area (Å²) < 4.78 is 0. The van der Waals surface area contributed by atoms with Crippen LogP contribution in [-0.2, 0) is 20.8 Å². The maximum atomic E-state index is 11.6. The molecule has 21 heavy (non-hydrogen) atoms. The second-order valence-corrected chi connectivity index (χ2v) is 4.39. The highest BCUT2D eigenvalue weighted by Crippen LogP contribution is 2.11. The van der Waals surface area contributed by atoms with Gasteiger partial charge in [-0.05, 0) is 17.7 Å². The highest BCUT2D eigenvalue weighted by Gasteiger charge is 2.18. The van der Waals surface area contributed by atoms with Crippen LogP contribution in [0.5, 0.6) is 5.75 Å². The third kappa shape index (κ3) is 6.39.